The molecule has 0 aromatic carbocycles. The molecule has 0 saturated heterocycles. The summed E-state index contributed by atoms with van der Waals surface area (Å²) in [4.78, 5) is 31.0. The Balaban J connectivity index is 1.68. The molecule has 0 aliphatic carbocycles. The van der Waals surface area contributed by atoms with E-state index in [1.165, 1.54) is 17.8 Å². The summed E-state index contributed by atoms with van der Waals surface area (Å²) in [6.45, 7) is 1.70. The highest BCUT2D eigenvalue weighted by Crippen LogP contribution is 2.23. The van der Waals surface area contributed by atoms with Gasteiger partial charge in [0.1, 0.15) is 10.7 Å². The summed E-state index contributed by atoms with van der Waals surface area (Å²) in [6, 6.07) is 2.39. The summed E-state index contributed by atoms with van der Waals surface area (Å²) < 4.78 is 11.6. The van der Waals surface area contributed by atoms with Crippen molar-refractivity contribution in [3.05, 3.63) is 34.2 Å². The maximum absolute atomic E-state index is 12.1. The zero-order chi connectivity index (χ0) is 20.8. The molecule has 0 saturated carbocycles. The number of furan rings is 1. The van der Waals surface area contributed by atoms with Crippen LogP contribution in [0.4, 0.5) is 11.7 Å². The molecule has 3 aromatic rings. The van der Waals surface area contributed by atoms with Crippen LogP contribution in [0.3, 0.4) is 0 Å². The van der Waals surface area contributed by atoms with Crippen molar-refractivity contribution in [3.8, 4) is 0 Å². The number of aromatic nitrogens is 4. The van der Waals surface area contributed by atoms with Crippen LogP contribution in [0, 0.1) is 10.1 Å². The molecule has 29 heavy (non-hydrogen) atoms. The number of hydrogen-bond acceptors (Lipinski definition) is 10. The molecule has 3 heterocycles. The van der Waals surface area contributed by atoms with E-state index in [4.69, 9.17) is 9.15 Å². The van der Waals surface area contributed by atoms with Gasteiger partial charge in [-0.2, -0.15) is 5.10 Å². The molecular formula is C16H19N7O5S. The van der Waals surface area contributed by atoms with E-state index in [2.05, 4.69) is 25.7 Å². The summed E-state index contributed by atoms with van der Waals surface area (Å²) in [5, 5.41) is 22.2. The predicted molar refractivity (Wildman–Crippen MR) is 105 cm³/mol. The number of ether oxygens (including phenoxy) is 1. The quantitative estimate of drug-likeness (QED) is 0.162. The number of carbonyl (C=O) groups is 1. The van der Waals surface area contributed by atoms with Crippen molar-refractivity contribution < 1.29 is 18.9 Å². The number of amides is 1. The summed E-state index contributed by atoms with van der Waals surface area (Å²) in [6.07, 6.45) is 3.54. The number of methoxy groups -OCH3 is 1. The lowest BCUT2D eigenvalue weighted by Crippen LogP contribution is -2.27. The third-order valence-electron chi connectivity index (χ3n) is 3.86. The van der Waals surface area contributed by atoms with Gasteiger partial charge in [-0.05, 0) is 12.3 Å². The smallest absolute Gasteiger partial charge is 0.395 e. The number of nitro groups is 1. The number of thioether (sulfide) groups is 1. The van der Waals surface area contributed by atoms with Gasteiger partial charge >= 0.3 is 5.88 Å². The fourth-order valence-electron chi connectivity index (χ4n) is 2.51. The Hall–Kier alpha value is -3.19. The molecule has 0 atom stereocenters. The van der Waals surface area contributed by atoms with Gasteiger partial charge < -0.3 is 19.8 Å². The molecule has 13 heteroatoms. The third kappa shape index (κ3) is 4.81. The maximum Gasteiger partial charge on any atom is 0.433 e. The Morgan fingerprint density at radius 3 is 2.90 bits per heavy atom. The minimum absolute atomic E-state index is 0.126. The number of anilines is 1. The molecule has 0 bridgehead atoms. The van der Waals surface area contributed by atoms with Crippen LogP contribution in [-0.2, 0) is 11.3 Å². The highest BCUT2D eigenvalue weighted by Gasteiger charge is 2.17. The summed E-state index contributed by atoms with van der Waals surface area (Å²) >= 11 is 1.41. The Kier molecular flexibility index (Phi) is 6.61. The van der Waals surface area contributed by atoms with Gasteiger partial charge in [0.2, 0.25) is 0 Å². The lowest BCUT2D eigenvalue weighted by molar-refractivity contribution is -0.402. The Bertz CT molecular complexity index is 1020. The van der Waals surface area contributed by atoms with Crippen molar-refractivity contribution >= 4 is 40.4 Å². The molecule has 0 aliphatic heterocycles. The molecule has 0 unspecified atom stereocenters. The fraction of sp³-hybridized carbons (Fsp3) is 0.375. The lowest BCUT2D eigenvalue weighted by atomic mass is 10.4. The molecule has 0 fully saturated rings. The second kappa shape index (κ2) is 9.34. The van der Waals surface area contributed by atoms with Crippen LogP contribution < -0.4 is 10.6 Å². The number of hydrogen-bond donors (Lipinski definition) is 2. The third-order valence-corrected chi connectivity index (χ3v) is 4.41. The molecule has 12 nitrogen and oxygen atoms in total. The summed E-state index contributed by atoms with van der Waals surface area (Å²) in [5.41, 5.74) is 0.632. The van der Waals surface area contributed by atoms with Crippen LogP contribution in [0.5, 0.6) is 0 Å². The van der Waals surface area contributed by atoms with E-state index in [0.29, 0.717) is 36.3 Å². The monoisotopic (exact) mass is 421 g/mol. The molecule has 0 radical (unpaired) electrons. The number of rotatable bonds is 10. The number of carbonyl (C=O) groups excluding carboxylic acids is 1. The van der Waals surface area contributed by atoms with E-state index in [9.17, 15) is 14.9 Å². The molecule has 0 aliphatic rings. The second-order valence-corrected chi connectivity index (χ2v) is 6.51. The van der Waals surface area contributed by atoms with Crippen LogP contribution in [0.25, 0.3) is 11.0 Å². The number of nitrogens with zero attached hydrogens (tertiary/aromatic N) is 5. The summed E-state index contributed by atoms with van der Waals surface area (Å²) in [5.74, 6) is -0.493. The molecule has 2 N–H and O–H groups in total. The van der Waals surface area contributed by atoms with Crippen LogP contribution >= 0.6 is 11.8 Å². The van der Waals surface area contributed by atoms with E-state index < -0.39 is 16.7 Å². The lowest BCUT2D eigenvalue weighted by Gasteiger charge is -2.09. The molecule has 1 amide bonds. The van der Waals surface area contributed by atoms with Crippen molar-refractivity contribution in [2.75, 3.05) is 38.4 Å². The first-order valence-corrected chi connectivity index (χ1v) is 9.78. The zero-order valence-corrected chi connectivity index (χ0v) is 16.6. The Morgan fingerprint density at radius 1 is 1.38 bits per heavy atom. The SMILES string of the molecule is COCCNc1nc(SC)nc2c1cnn2CCNC(=O)c1ccc([N+](=O)[O-])o1. The Morgan fingerprint density at radius 2 is 2.21 bits per heavy atom. The zero-order valence-electron chi connectivity index (χ0n) is 15.7. The molecule has 3 rings (SSSR count). The van der Waals surface area contributed by atoms with Gasteiger partial charge in [0.05, 0.1) is 30.8 Å². The molecular weight excluding hydrogens is 402 g/mol. The highest BCUT2D eigenvalue weighted by atomic mass is 32.2. The van der Waals surface area contributed by atoms with Crippen molar-refractivity contribution in [1.82, 2.24) is 25.1 Å². The maximum atomic E-state index is 12.1. The van der Waals surface area contributed by atoms with Crippen molar-refractivity contribution in [3.63, 3.8) is 0 Å². The molecule has 154 valence electrons. The van der Waals surface area contributed by atoms with Crippen LogP contribution in [0.15, 0.2) is 27.9 Å². The van der Waals surface area contributed by atoms with E-state index in [-0.39, 0.29) is 12.3 Å². The fourth-order valence-corrected chi connectivity index (χ4v) is 2.87. The first-order chi connectivity index (χ1) is 14.0. The van der Waals surface area contributed by atoms with Gasteiger partial charge in [0.15, 0.2) is 16.6 Å². The van der Waals surface area contributed by atoms with E-state index in [1.807, 2.05) is 6.26 Å². The van der Waals surface area contributed by atoms with Gasteiger partial charge in [-0.25, -0.2) is 14.6 Å². The topological polar surface area (TPSA) is 150 Å². The number of nitrogens with one attached hydrogen (secondary N) is 2. The van der Waals surface area contributed by atoms with Crippen LogP contribution in [0.2, 0.25) is 0 Å². The van der Waals surface area contributed by atoms with E-state index >= 15 is 0 Å². The van der Waals surface area contributed by atoms with Crippen molar-refractivity contribution in [2.45, 2.75) is 11.7 Å². The van der Waals surface area contributed by atoms with Gasteiger partial charge in [0, 0.05) is 20.2 Å². The van der Waals surface area contributed by atoms with E-state index in [0.717, 1.165) is 11.5 Å². The average molecular weight is 421 g/mol. The first kappa shape index (κ1) is 20.5. The largest absolute Gasteiger partial charge is 0.433 e. The van der Waals surface area contributed by atoms with Gasteiger partial charge in [-0.15, -0.1) is 0 Å². The van der Waals surface area contributed by atoms with Crippen molar-refractivity contribution in [2.24, 2.45) is 0 Å². The minimum Gasteiger partial charge on any atom is -0.395 e. The van der Waals surface area contributed by atoms with Crippen LogP contribution in [-0.4, -0.2) is 63.6 Å². The normalized spacial score (nSPS) is 11.0. The molecule has 0 spiro atoms. The minimum atomic E-state index is -0.700. The van der Waals surface area contributed by atoms with E-state index in [1.54, 1.807) is 18.0 Å². The predicted octanol–water partition coefficient (Wildman–Crippen LogP) is 1.54. The van der Waals surface area contributed by atoms with Gasteiger partial charge in [0.25, 0.3) is 5.91 Å². The highest BCUT2D eigenvalue weighted by molar-refractivity contribution is 7.98. The van der Waals surface area contributed by atoms with Gasteiger partial charge in [-0.1, -0.05) is 11.8 Å². The molecule has 3 aromatic heterocycles. The summed E-state index contributed by atoms with van der Waals surface area (Å²) in [7, 11) is 1.62. The van der Waals surface area contributed by atoms with Crippen molar-refractivity contribution in [1.29, 1.82) is 0 Å². The number of fused-ring (bicyclic) bond motifs is 1. The van der Waals surface area contributed by atoms with Gasteiger partial charge in [-0.3, -0.25) is 14.9 Å². The van der Waals surface area contributed by atoms with Crippen LogP contribution in [0.1, 0.15) is 10.6 Å². The Labute approximate surface area is 169 Å². The second-order valence-electron chi connectivity index (χ2n) is 5.73. The average Bonchev–Trinajstić information content (AvgIpc) is 3.36. The standard InChI is InChI=1S/C16H19N7O5S/c1-27-8-6-17-13-10-9-19-22(14(10)21-16(20-13)29-2)7-5-18-15(24)11-3-4-12(28-11)23(25)26/h3-4,9H,5-8H2,1-2H3,(H,18,24)(H,17,20,21). The first-order valence-electron chi connectivity index (χ1n) is 8.56.